The molecule has 0 fully saturated rings. The van der Waals surface area contributed by atoms with Crippen LogP contribution in [-0.2, 0) is 13.0 Å². The smallest absolute Gasteiger partial charge is 0.0682 e. The van der Waals surface area contributed by atoms with Crippen molar-refractivity contribution in [2.24, 2.45) is 0 Å². The molecular weight excluding hydrogens is 208 g/mol. The monoisotopic (exact) mass is 226 g/mol. The molecule has 0 aromatic heterocycles. The molecule has 2 rings (SSSR count). The molecule has 0 radical (unpaired) electrons. The van der Waals surface area contributed by atoms with Crippen molar-refractivity contribution in [2.75, 3.05) is 0 Å². The second-order valence-electron chi connectivity index (χ2n) is 4.32. The van der Waals surface area contributed by atoms with Crippen molar-refractivity contribution in [1.29, 1.82) is 0 Å². The van der Waals surface area contributed by atoms with Gasteiger partial charge < -0.3 is 5.11 Å². The summed E-state index contributed by atoms with van der Waals surface area (Å²) in [5.41, 5.74) is 6.09. The van der Waals surface area contributed by atoms with Crippen molar-refractivity contribution in [1.82, 2.24) is 0 Å². The van der Waals surface area contributed by atoms with Crippen LogP contribution in [0.2, 0.25) is 0 Å². The van der Waals surface area contributed by atoms with E-state index in [9.17, 15) is 5.11 Å². The minimum Gasteiger partial charge on any atom is -0.392 e. The molecule has 0 unspecified atom stereocenters. The Balaban J connectivity index is 2.62. The quantitative estimate of drug-likeness (QED) is 0.845. The summed E-state index contributed by atoms with van der Waals surface area (Å²) in [6, 6.07) is 14.5. The van der Waals surface area contributed by atoms with E-state index in [1.54, 1.807) is 0 Å². The first-order valence-corrected chi connectivity index (χ1v) is 6.05. The van der Waals surface area contributed by atoms with Gasteiger partial charge in [-0.1, -0.05) is 43.3 Å². The van der Waals surface area contributed by atoms with Gasteiger partial charge in [0.05, 0.1) is 6.61 Å². The fraction of sp³-hybridized carbons (Fsp3) is 0.250. The zero-order chi connectivity index (χ0) is 12.3. The van der Waals surface area contributed by atoms with Crippen LogP contribution >= 0.6 is 0 Å². The molecule has 1 heteroatoms. The molecular formula is C16H18O. The van der Waals surface area contributed by atoms with Crippen molar-refractivity contribution >= 4 is 0 Å². The Morgan fingerprint density at radius 2 is 1.76 bits per heavy atom. The lowest BCUT2D eigenvalue weighted by atomic mass is 9.92. The van der Waals surface area contributed by atoms with E-state index in [0.717, 1.165) is 12.0 Å². The minimum absolute atomic E-state index is 0.102. The van der Waals surface area contributed by atoms with E-state index in [2.05, 4.69) is 50.2 Å². The maximum absolute atomic E-state index is 9.30. The highest BCUT2D eigenvalue weighted by Gasteiger charge is 2.08. The summed E-state index contributed by atoms with van der Waals surface area (Å²) in [7, 11) is 0. The Morgan fingerprint density at radius 1 is 1.06 bits per heavy atom. The third kappa shape index (κ3) is 2.40. The molecule has 1 N–H and O–H groups in total. The third-order valence-electron chi connectivity index (χ3n) is 3.15. The van der Waals surface area contributed by atoms with E-state index >= 15 is 0 Å². The molecule has 0 saturated carbocycles. The highest BCUT2D eigenvalue weighted by Crippen LogP contribution is 2.28. The van der Waals surface area contributed by atoms with Crippen LogP contribution in [0, 0.1) is 6.92 Å². The Morgan fingerprint density at radius 3 is 2.35 bits per heavy atom. The van der Waals surface area contributed by atoms with Crippen LogP contribution < -0.4 is 0 Å². The van der Waals surface area contributed by atoms with Gasteiger partial charge in [0.15, 0.2) is 0 Å². The van der Waals surface area contributed by atoms with Gasteiger partial charge in [-0.25, -0.2) is 0 Å². The lowest BCUT2D eigenvalue weighted by Crippen LogP contribution is -1.95. The Kier molecular flexibility index (Phi) is 3.60. The van der Waals surface area contributed by atoms with E-state index in [0.29, 0.717) is 0 Å². The second kappa shape index (κ2) is 5.15. The molecule has 1 nitrogen and oxygen atoms in total. The van der Waals surface area contributed by atoms with Crippen LogP contribution in [0.3, 0.4) is 0 Å². The Labute approximate surface area is 103 Å². The van der Waals surface area contributed by atoms with Crippen LogP contribution in [0.1, 0.15) is 23.6 Å². The first-order chi connectivity index (χ1) is 8.26. The number of benzene rings is 2. The van der Waals surface area contributed by atoms with E-state index < -0.39 is 0 Å². The van der Waals surface area contributed by atoms with Crippen molar-refractivity contribution in [2.45, 2.75) is 26.9 Å². The second-order valence-corrected chi connectivity index (χ2v) is 4.32. The number of hydrogen-bond donors (Lipinski definition) is 1. The third-order valence-corrected chi connectivity index (χ3v) is 3.15. The van der Waals surface area contributed by atoms with E-state index in [4.69, 9.17) is 0 Å². The fourth-order valence-electron chi connectivity index (χ4n) is 2.33. The first kappa shape index (κ1) is 11.9. The van der Waals surface area contributed by atoms with Gasteiger partial charge in [-0.2, -0.15) is 0 Å². The fourth-order valence-corrected chi connectivity index (χ4v) is 2.33. The van der Waals surface area contributed by atoms with E-state index in [-0.39, 0.29) is 6.61 Å². The van der Waals surface area contributed by atoms with Gasteiger partial charge in [-0.3, -0.25) is 0 Å². The molecule has 0 heterocycles. The predicted molar refractivity (Wildman–Crippen MR) is 71.9 cm³/mol. The summed E-state index contributed by atoms with van der Waals surface area (Å²) in [6.07, 6.45) is 1.02. The Hall–Kier alpha value is -1.60. The number of rotatable bonds is 3. The largest absolute Gasteiger partial charge is 0.392 e. The molecule has 0 aliphatic heterocycles. The summed E-state index contributed by atoms with van der Waals surface area (Å²) < 4.78 is 0. The number of aliphatic hydroxyl groups is 1. The van der Waals surface area contributed by atoms with Crippen LogP contribution in [0.5, 0.6) is 0 Å². The van der Waals surface area contributed by atoms with Crippen molar-refractivity contribution < 1.29 is 5.11 Å². The lowest BCUT2D eigenvalue weighted by molar-refractivity contribution is 0.282. The van der Waals surface area contributed by atoms with Gasteiger partial charge >= 0.3 is 0 Å². The molecule has 2 aromatic carbocycles. The average molecular weight is 226 g/mol. The van der Waals surface area contributed by atoms with Crippen molar-refractivity contribution in [3.05, 3.63) is 59.2 Å². The molecule has 0 saturated heterocycles. The molecule has 0 atom stereocenters. The zero-order valence-corrected chi connectivity index (χ0v) is 10.4. The lowest BCUT2D eigenvalue weighted by Gasteiger charge is -2.13. The molecule has 0 aliphatic rings. The summed E-state index contributed by atoms with van der Waals surface area (Å²) in [5.74, 6) is 0. The van der Waals surface area contributed by atoms with Gasteiger partial charge in [-0.05, 0) is 47.2 Å². The normalized spacial score (nSPS) is 10.5. The van der Waals surface area contributed by atoms with Crippen LogP contribution in [0.4, 0.5) is 0 Å². The maximum atomic E-state index is 9.30. The van der Waals surface area contributed by atoms with Gasteiger partial charge in [0.25, 0.3) is 0 Å². The van der Waals surface area contributed by atoms with E-state index in [1.165, 1.54) is 22.3 Å². The summed E-state index contributed by atoms with van der Waals surface area (Å²) in [6.45, 7) is 4.39. The molecule has 0 bridgehead atoms. The van der Waals surface area contributed by atoms with E-state index in [1.807, 2.05) is 6.07 Å². The molecule has 88 valence electrons. The summed E-state index contributed by atoms with van der Waals surface area (Å²) in [5, 5.41) is 9.30. The van der Waals surface area contributed by atoms with Crippen molar-refractivity contribution in [3.8, 4) is 11.1 Å². The average Bonchev–Trinajstić information content (AvgIpc) is 2.38. The number of aliphatic hydroxyl groups excluding tert-OH is 1. The molecule has 17 heavy (non-hydrogen) atoms. The molecule has 0 aliphatic carbocycles. The van der Waals surface area contributed by atoms with Gasteiger partial charge in [0, 0.05) is 0 Å². The van der Waals surface area contributed by atoms with Crippen LogP contribution in [0.15, 0.2) is 42.5 Å². The van der Waals surface area contributed by atoms with Crippen LogP contribution in [0.25, 0.3) is 11.1 Å². The molecule has 0 spiro atoms. The summed E-state index contributed by atoms with van der Waals surface area (Å²) >= 11 is 0. The highest BCUT2D eigenvalue weighted by atomic mass is 16.3. The predicted octanol–water partition coefficient (Wildman–Crippen LogP) is 3.72. The molecule has 2 aromatic rings. The topological polar surface area (TPSA) is 20.2 Å². The Bertz CT molecular complexity index is 500. The van der Waals surface area contributed by atoms with Gasteiger partial charge in [-0.15, -0.1) is 0 Å². The maximum Gasteiger partial charge on any atom is 0.0682 e. The van der Waals surface area contributed by atoms with Crippen molar-refractivity contribution in [3.63, 3.8) is 0 Å². The first-order valence-electron chi connectivity index (χ1n) is 6.05. The van der Waals surface area contributed by atoms with Gasteiger partial charge in [0.1, 0.15) is 0 Å². The number of aryl methyl sites for hydroxylation is 1. The standard InChI is InChI=1S/C16H18O/c1-3-15-12(2)9-13(11-17)10-16(15)14-7-5-4-6-8-14/h4-10,17H,3,11H2,1-2H3. The highest BCUT2D eigenvalue weighted by molar-refractivity contribution is 5.69. The van der Waals surface area contributed by atoms with Gasteiger partial charge in [0.2, 0.25) is 0 Å². The minimum atomic E-state index is 0.102. The number of hydrogen-bond acceptors (Lipinski definition) is 1. The molecule has 0 amide bonds. The SMILES string of the molecule is CCc1c(C)cc(CO)cc1-c1ccccc1. The van der Waals surface area contributed by atoms with Crippen LogP contribution in [-0.4, -0.2) is 5.11 Å². The summed E-state index contributed by atoms with van der Waals surface area (Å²) in [4.78, 5) is 0. The zero-order valence-electron chi connectivity index (χ0n) is 10.4.